The van der Waals surface area contributed by atoms with Crippen LogP contribution in [0.5, 0.6) is 11.8 Å². The second kappa shape index (κ2) is 3.87. The Morgan fingerprint density at radius 1 is 1.33 bits per heavy atom. The summed E-state index contributed by atoms with van der Waals surface area (Å²) in [6.45, 7) is -0.144. The van der Waals surface area contributed by atoms with Crippen molar-refractivity contribution in [3.63, 3.8) is 0 Å². The zero-order valence-corrected chi connectivity index (χ0v) is 6.94. The minimum absolute atomic E-state index is 0.144. The minimum atomic E-state index is -0.144. The van der Waals surface area contributed by atoms with Crippen LogP contribution in [0.1, 0.15) is 5.56 Å². The SMILES string of the molecule is COc1cc(CO)c(OC)nn1. The van der Waals surface area contributed by atoms with Gasteiger partial charge in [-0.2, -0.15) is 0 Å². The molecule has 0 aliphatic heterocycles. The fraction of sp³-hybridized carbons (Fsp3) is 0.429. The van der Waals surface area contributed by atoms with Gasteiger partial charge >= 0.3 is 0 Å². The molecule has 0 bridgehead atoms. The van der Waals surface area contributed by atoms with E-state index in [0.29, 0.717) is 17.3 Å². The molecule has 1 heterocycles. The summed E-state index contributed by atoms with van der Waals surface area (Å²) >= 11 is 0. The molecule has 12 heavy (non-hydrogen) atoms. The Labute approximate surface area is 70.0 Å². The molecule has 0 aliphatic carbocycles. The monoisotopic (exact) mass is 170 g/mol. The predicted molar refractivity (Wildman–Crippen MR) is 41.1 cm³/mol. The van der Waals surface area contributed by atoms with Gasteiger partial charge in [-0.15, -0.1) is 10.2 Å². The Balaban J connectivity index is 3.02. The lowest BCUT2D eigenvalue weighted by Gasteiger charge is -2.04. The van der Waals surface area contributed by atoms with E-state index in [0.717, 1.165) is 0 Å². The van der Waals surface area contributed by atoms with Crippen LogP contribution in [0.15, 0.2) is 6.07 Å². The number of hydrogen-bond acceptors (Lipinski definition) is 5. The van der Waals surface area contributed by atoms with Crippen molar-refractivity contribution in [1.29, 1.82) is 0 Å². The fourth-order valence-corrected chi connectivity index (χ4v) is 0.784. The maximum Gasteiger partial charge on any atom is 0.239 e. The van der Waals surface area contributed by atoms with E-state index in [1.807, 2.05) is 0 Å². The van der Waals surface area contributed by atoms with E-state index in [9.17, 15) is 0 Å². The van der Waals surface area contributed by atoms with Crippen molar-refractivity contribution < 1.29 is 14.6 Å². The highest BCUT2D eigenvalue weighted by atomic mass is 16.5. The zero-order valence-electron chi connectivity index (χ0n) is 6.94. The Morgan fingerprint density at radius 2 is 2.08 bits per heavy atom. The summed E-state index contributed by atoms with van der Waals surface area (Å²) in [6, 6.07) is 1.58. The van der Waals surface area contributed by atoms with Gasteiger partial charge in [0.2, 0.25) is 11.8 Å². The third kappa shape index (κ3) is 1.62. The molecule has 0 saturated heterocycles. The number of nitrogens with zero attached hydrogens (tertiary/aromatic N) is 2. The van der Waals surface area contributed by atoms with Crippen LogP contribution < -0.4 is 9.47 Å². The largest absolute Gasteiger partial charge is 0.480 e. The average Bonchev–Trinajstić information content (AvgIpc) is 2.16. The number of aliphatic hydroxyl groups is 1. The van der Waals surface area contributed by atoms with Gasteiger partial charge in [0.1, 0.15) is 0 Å². The van der Waals surface area contributed by atoms with Crippen molar-refractivity contribution in [1.82, 2.24) is 10.2 Å². The molecule has 0 saturated carbocycles. The normalized spacial score (nSPS) is 9.58. The van der Waals surface area contributed by atoms with Crippen LogP contribution in [-0.2, 0) is 6.61 Å². The Morgan fingerprint density at radius 3 is 2.58 bits per heavy atom. The first-order valence-corrected chi connectivity index (χ1v) is 3.37. The molecule has 5 heteroatoms. The van der Waals surface area contributed by atoms with Gasteiger partial charge in [-0.1, -0.05) is 0 Å². The standard InChI is InChI=1S/C7H10N2O3/c1-11-6-3-5(4-10)7(12-2)9-8-6/h3,10H,4H2,1-2H3. The number of hydrogen-bond donors (Lipinski definition) is 1. The van der Waals surface area contributed by atoms with Gasteiger partial charge in [-0.25, -0.2) is 0 Å². The molecule has 5 nitrogen and oxygen atoms in total. The first-order valence-electron chi connectivity index (χ1n) is 3.37. The summed E-state index contributed by atoms with van der Waals surface area (Å²) in [6.07, 6.45) is 0. The number of aromatic nitrogens is 2. The van der Waals surface area contributed by atoms with Crippen molar-refractivity contribution >= 4 is 0 Å². The summed E-state index contributed by atoms with van der Waals surface area (Å²) in [5.74, 6) is 0.679. The second-order valence-corrected chi connectivity index (χ2v) is 2.08. The molecule has 0 aromatic carbocycles. The zero-order chi connectivity index (χ0) is 8.97. The Bertz CT molecular complexity index is 265. The molecule has 1 aromatic rings. The van der Waals surface area contributed by atoms with Crippen molar-refractivity contribution in [3.05, 3.63) is 11.6 Å². The van der Waals surface area contributed by atoms with Crippen LogP contribution in [0.3, 0.4) is 0 Å². The lowest BCUT2D eigenvalue weighted by molar-refractivity contribution is 0.268. The number of ether oxygens (including phenoxy) is 2. The van der Waals surface area contributed by atoms with E-state index in [-0.39, 0.29) is 6.61 Å². The van der Waals surface area contributed by atoms with Crippen LogP contribution in [-0.4, -0.2) is 29.5 Å². The van der Waals surface area contributed by atoms with E-state index in [1.54, 1.807) is 6.07 Å². The van der Waals surface area contributed by atoms with Crippen LogP contribution in [0, 0.1) is 0 Å². The predicted octanol–water partition coefficient (Wildman–Crippen LogP) is -0.0139. The van der Waals surface area contributed by atoms with E-state index in [1.165, 1.54) is 14.2 Å². The highest BCUT2D eigenvalue weighted by Gasteiger charge is 2.05. The molecule has 0 unspecified atom stereocenters. The van der Waals surface area contributed by atoms with Gasteiger partial charge in [-0.05, 0) is 0 Å². The maximum absolute atomic E-state index is 8.87. The molecule has 66 valence electrons. The smallest absolute Gasteiger partial charge is 0.239 e. The Hall–Kier alpha value is -1.36. The first-order chi connectivity index (χ1) is 5.81. The first kappa shape index (κ1) is 8.73. The van der Waals surface area contributed by atoms with Crippen LogP contribution in [0.25, 0.3) is 0 Å². The Kier molecular flexibility index (Phi) is 2.82. The molecule has 1 rings (SSSR count). The van der Waals surface area contributed by atoms with Gasteiger partial charge in [0.25, 0.3) is 0 Å². The van der Waals surface area contributed by atoms with Gasteiger partial charge < -0.3 is 14.6 Å². The lowest BCUT2D eigenvalue weighted by Crippen LogP contribution is -1.99. The third-order valence-electron chi connectivity index (χ3n) is 1.38. The van der Waals surface area contributed by atoms with Gasteiger partial charge in [0, 0.05) is 11.6 Å². The maximum atomic E-state index is 8.87. The van der Waals surface area contributed by atoms with Crippen LogP contribution >= 0.6 is 0 Å². The summed E-state index contributed by atoms with van der Waals surface area (Å²) in [7, 11) is 2.95. The number of rotatable bonds is 3. The summed E-state index contributed by atoms with van der Waals surface area (Å²) in [4.78, 5) is 0. The molecule has 1 N–H and O–H groups in total. The summed E-state index contributed by atoms with van der Waals surface area (Å²) in [5, 5.41) is 16.2. The minimum Gasteiger partial charge on any atom is -0.480 e. The van der Waals surface area contributed by atoms with E-state index in [2.05, 4.69) is 10.2 Å². The van der Waals surface area contributed by atoms with Gasteiger partial charge in [0.05, 0.1) is 20.8 Å². The van der Waals surface area contributed by atoms with E-state index in [4.69, 9.17) is 14.6 Å². The van der Waals surface area contributed by atoms with Crippen molar-refractivity contribution in [2.45, 2.75) is 6.61 Å². The quantitative estimate of drug-likeness (QED) is 0.691. The van der Waals surface area contributed by atoms with Gasteiger partial charge in [0.15, 0.2) is 0 Å². The van der Waals surface area contributed by atoms with Crippen LogP contribution in [0.4, 0.5) is 0 Å². The molecule has 0 amide bonds. The summed E-state index contributed by atoms with van der Waals surface area (Å²) in [5.41, 5.74) is 0.560. The molecule has 0 radical (unpaired) electrons. The topological polar surface area (TPSA) is 64.5 Å². The van der Waals surface area contributed by atoms with E-state index >= 15 is 0 Å². The number of methoxy groups -OCH3 is 2. The third-order valence-corrected chi connectivity index (χ3v) is 1.38. The molecule has 0 spiro atoms. The number of aliphatic hydroxyl groups excluding tert-OH is 1. The summed E-state index contributed by atoms with van der Waals surface area (Å²) < 4.78 is 9.66. The highest BCUT2D eigenvalue weighted by Crippen LogP contribution is 2.17. The molecule has 1 aromatic heterocycles. The van der Waals surface area contributed by atoms with Crippen molar-refractivity contribution in [3.8, 4) is 11.8 Å². The van der Waals surface area contributed by atoms with E-state index < -0.39 is 0 Å². The fourth-order valence-electron chi connectivity index (χ4n) is 0.784. The molecular formula is C7H10N2O3. The molecule has 0 aliphatic rings. The highest BCUT2D eigenvalue weighted by molar-refractivity contribution is 5.27. The van der Waals surface area contributed by atoms with Crippen molar-refractivity contribution in [2.24, 2.45) is 0 Å². The molecule has 0 fully saturated rings. The molecule has 0 atom stereocenters. The van der Waals surface area contributed by atoms with Crippen molar-refractivity contribution in [2.75, 3.05) is 14.2 Å². The average molecular weight is 170 g/mol. The molecular weight excluding hydrogens is 160 g/mol. The van der Waals surface area contributed by atoms with Gasteiger partial charge in [-0.3, -0.25) is 0 Å². The van der Waals surface area contributed by atoms with Crippen LogP contribution in [0.2, 0.25) is 0 Å². The lowest BCUT2D eigenvalue weighted by atomic mass is 10.3. The second-order valence-electron chi connectivity index (χ2n) is 2.08.